The van der Waals surface area contributed by atoms with Crippen molar-refractivity contribution in [3.8, 4) is 5.75 Å². The molecular weight excluding hydrogens is 476 g/mol. The number of benzene rings is 1. The summed E-state index contributed by atoms with van der Waals surface area (Å²) < 4.78 is 6.35. The molecule has 6 atom stereocenters. The molecule has 2 saturated carbocycles. The summed E-state index contributed by atoms with van der Waals surface area (Å²) in [5.74, 6) is 0.730. The van der Waals surface area contributed by atoms with Gasteiger partial charge in [0.25, 0.3) is 0 Å². The first kappa shape index (κ1) is 19.4. The lowest BCUT2D eigenvalue weighted by Gasteiger charge is -2.51. The summed E-state index contributed by atoms with van der Waals surface area (Å²) in [4.78, 5) is 24.5. The van der Waals surface area contributed by atoms with E-state index < -0.39 is 0 Å². The van der Waals surface area contributed by atoms with Crippen molar-refractivity contribution in [2.75, 3.05) is 0 Å². The molecule has 1 N–H and O–H groups in total. The van der Waals surface area contributed by atoms with Crippen LogP contribution in [0.4, 0.5) is 0 Å². The van der Waals surface area contributed by atoms with Crippen LogP contribution in [0.5, 0.6) is 5.75 Å². The topological polar surface area (TPSA) is 63.6 Å². The molecule has 2 fully saturated rings. The molecule has 27 heavy (non-hydrogen) atoms. The van der Waals surface area contributed by atoms with E-state index in [1.165, 1.54) is 6.92 Å². The van der Waals surface area contributed by atoms with Crippen LogP contribution in [0.3, 0.4) is 0 Å². The Morgan fingerprint density at radius 3 is 2.70 bits per heavy atom. The molecule has 1 aromatic rings. The van der Waals surface area contributed by atoms with Crippen molar-refractivity contribution in [3.05, 3.63) is 27.2 Å². The second-order valence-electron chi connectivity index (χ2n) is 8.57. The van der Waals surface area contributed by atoms with Crippen LogP contribution in [0.2, 0.25) is 0 Å². The maximum Gasteiger partial charge on any atom is 0.302 e. The number of esters is 1. The summed E-state index contributed by atoms with van der Waals surface area (Å²) in [5, 5.41) is 10.2. The lowest BCUT2D eigenvalue weighted by molar-refractivity contribution is -0.154. The third-order valence-corrected chi connectivity index (χ3v) is 9.34. The van der Waals surface area contributed by atoms with Crippen LogP contribution in [0, 0.1) is 24.2 Å². The molecule has 3 aliphatic carbocycles. The van der Waals surface area contributed by atoms with E-state index in [2.05, 4.69) is 38.8 Å². The minimum atomic E-state index is -0.268. The predicted octanol–water partition coefficient (Wildman–Crippen LogP) is 5.26. The molecule has 0 aromatic heterocycles. The molecule has 3 aliphatic rings. The zero-order chi connectivity index (χ0) is 19.7. The highest BCUT2D eigenvalue weighted by atomic mass is 79.9. The first-order chi connectivity index (χ1) is 12.7. The highest BCUT2D eigenvalue weighted by Gasteiger charge is 2.59. The number of carbonyl (C=O) groups excluding carboxylic acids is 2. The average molecular weight is 500 g/mol. The Morgan fingerprint density at radius 2 is 2.04 bits per heavy atom. The highest BCUT2D eigenvalue weighted by Crippen LogP contribution is 2.63. The van der Waals surface area contributed by atoms with E-state index in [9.17, 15) is 14.7 Å². The quantitative estimate of drug-likeness (QED) is 0.422. The number of carbonyl (C=O) groups is 2. The van der Waals surface area contributed by atoms with E-state index >= 15 is 0 Å². The standard InChI is InChI=1S/C21H24Br2O4/c1-9-16-11-6-7-21(3)13(4-5-15(21)27-10(2)24)17(11)19(23)20(26)12(16)8-14(25)18(9)22/h8,11,13,15,17,19,25H,4-7H2,1-3H3/t11-,13+,15+,17-,19+,21+/m1/s1. The van der Waals surface area contributed by atoms with Crippen molar-refractivity contribution in [2.45, 2.75) is 63.3 Å². The van der Waals surface area contributed by atoms with Gasteiger partial charge >= 0.3 is 5.97 Å². The van der Waals surface area contributed by atoms with Crippen molar-refractivity contribution in [1.29, 1.82) is 0 Å². The first-order valence-electron chi connectivity index (χ1n) is 9.54. The number of alkyl halides is 1. The van der Waals surface area contributed by atoms with Crippen LogP contribution in [0.25, 0.3) is 0 Å². The van der Waals surface area contributed by atoms with Crippen molar-refractivity contribution >= 4 is 43.6 Å². The molecule has 0 amide bonds. The average Bonchev–Trinajstić information content (AvgIpc) is 2.93. The number of phenolic OH excluding ortho intramolecular Hbond substituents is 1. The van der Waals surface area contributed by atoms with E-state index in [1.54, 1.807) is 6.07 Å². The zero-order valence-electron chi connectivity index (χ0n) is 15.7. The predicted molar refractivity (Wildman–Crippen MR) is 109 cm³/mol. The van der Waals surface area contributed by atoms with Crippen molar-refractivity contribution in [2.24, 2.45) is 17.3 Å². The molecule has 0 saturated heterocycles. The van der Waals surface area contributed by atoms with Gasteiger partial charge in [-0.3, -0.25) is 9.59 Å². The number of hydrogen-bond acceptors (Lipinski definition) is 4. The van der Waals surface area contributed by atoms with Crippen molar-refractivity contribution in [1.82, 2.24) is 0 Å². The maximum atomic E-state index is 13.2. The molecule has 4 rings (SSSR count). The SMILES string of the molecule is CC(=O)O[C@H]1CC[C@H]2[C@@H]3[C@H](Br)C(=O)c4cc(O)c(Br)c(C)c4[C@H]3CC[C@]12C. The molecule has 0 spiro atoms. The fraction of sp³-hybridized carbons (Fsp3) is 0.619. The first-order valence-corrected chi connectivity index (χ1v) is 11.2. The lowest BCUT2D eigenvalue weighted by Crippen LogP contribution is -2.50. The van der Waals surface area contributed by atoms with Gasteiger partial charge in [0.05, 0.1) is 9.30 Å². The smallest absolute Gasteiger partial charge is 0.302 e. The lowest BCUT2D eigenvalue weighted by atomic mass is 9.54. The molecule has 0 bridgehead atoms. The second-order valence-corrected chi connectivity index (χ2v) is 10.4. The number of rotatable bonds is 1. The molecule has 4 nitrogen and oxygen atoms in total. The van der Waals surface area contributed by atoms with Crippen LogP contribution in [-0.4, -0.2) is 27.8 Å². The van der Waals surface area contributed by atoms with E-state index in [4.69, 9.17) is 4.74 Å². The molecule has 0 radical (unpaired) electrons. The van der Waals surface area contributed by atoms with Gasteiger partial charge in [-0.05, 0) is 83.5 Å². The Kier molecular flexibility index (Phi) is 4.74. The summed E-state index contributed by atoms with van der Waals surface area (Å²) in [6, 6.07) is 1.61. The number of hydrogen-bond donors (Lipinski definition) is 1. The fourth-order valence-corrected chi connectivity index (χ4v) is 7.39. The molecule has 146 valence electrons. The molecular formula is C21H24Br2O4. The fourth-order valence-electron chi connectivity index (χ4n) is 6.08. The summed E-state index contributed by atoms with van der Waals surface area (Å²) >= 11 is 7.20. The monoisotopic (exact) mass is 498 g/mol. The summed E-state index contributed by atoms with van der Waals surface area (Å²) in [6.45, 7) is 5.68. The number of Topliss-reactive ketones (excluding diaryl/α,β-unsaturated/α-hetero) is 1. The molecule has 0 aliphatic heterocycles. The number of phenols is 1. The third-order valence-electron chi connectivity index (χ3n) is 7.31. The van der Waals surface area contributed by atoms with Gasteiger partial charge in [0.2, 0.25) is 0 Å². The van der Waals surface area contributed by atoms with Crippen molar-refractivity contribution in [3.63, 3.8) is 0 Å². The van der Waals surface area contributed by atoms with Gasteiger partial charge in [-0.2, -0.15) is 0 Å². The summed E-state index contributed by atoms with van der Waals surface area (Å²) in [7, 11) is 0. The number of ether oxygens (including phenoxy) is 1. The molecule has 0 heterocycles. The largest absolute Gasteiger partial charge is 0.507 e. The molecule has 6 heteroatoms. The van der Waals surface area contributed by atoms with Gasteiger partial charge in [-0.1, -0.05) is 22.9 Å². The van der Waals surface area contributed by atoms with Gasteiger partial charge in [-0.15, -0.1) is 0 Å². The van der Waals surface area contributed by atoms with Crippen LogP contribution in [0.1, 0.15) is 66.9 Å². The molecule has 0 unspecified atom stereocenters. The number of aromatic hydroxyl groups is 1. The van der Waals surface area contributed by atoms with Crippen LogP contribution in [-0.2, 0) is 9.53 Å². The van der Waals surface area contributed by atoms with Crippen LogP contribution >= 0.6 is 31.9 Å². The van der Waals surface area contributed by atoms with Crippen LogP contribution < -0.4 is 0 Å². The Labute approximate surface area is 176 Å². The normalized spacial score (nSPS) is 37.4. The third kappa shape index (κ3) is 2.73. The number of halogens is 2. The van der Waals surface area contributed by atoms with E-state index in [-0.39, 0.29) is 45.7 Å². The summed E-state index contributed by atoms with van der Waals surface area (Å²) in [6.07, 6.45) is 3.70. The van der Waals surface area contributed by atoms with Crippen molar-refractivity contribution < 1.29 is 19.4 Å². The van der Waals surface area contributed by atoms with Gasteiger partial charge in [0, 0.05) is 17.9 Å². The van der Waals surface area contributed by atoms with E-state index in [0.29, 0.717) is 16.0 Å². The Morgan fingerprint density at radius 1 is 1.33 bits per heavy atom. The number of fused-ring (bicyclic) bond motifs is 5. The van der Waals surface area contributed by atoms with Gasteiger partial charge < -0.3 is 9.84 Å². The van der Waals surface area contributed by atoms with Gasteiger partial charge in [-0.25, -0.2) is 0 Å². The summed E-state index contributed by atoms with van der Waals surface area (Å²) in [5.41, 5.74) is 2.61. The molecule has 1 aromatic carbocycles. The Bertz CT molecular complexity index is 836. The highest BCUT2D eigenvalue weighted by molar-refractivity contribution is 9.10. The van der Waals surface area contributed by atoms with Crippen LogP contribution in [0.15, 0.2) is 10.5 Å². The van der Waals surface area contributed by atoms with Gasteiger partial charge in [0.1, 0.15) is 11.9 Å². The number of ketones is 1. The minimum Gasteiger partial charge on any atom is -0.507 e. The van der Waals surface area contributed by atoms with E-state index in [1.807, 2.05) is 6.92 Å². The zero-order valence-corrected chi connectivity index (χ0v) is 18.9. The minimum absolute atomic E-state index is 0.0531. The second kappa shape index (κ2) is 6.58. The van der Waals surface area contributed by atoms with Gasteiger partial charge in [0.15, 0.2) is 5.78 Å². The van der Waals surface area contributed by atoms with E-state index in [0.717, 1.165) is 36.8 Å². The Balaban J connectivity index is 1.79. The maximum absolute atomic E-state index is 13.2. The Hall–Kier alpha value is -0.880.